The van der Waals surface area contributed by atoms with Crippen molar-refractivity contribution >= 4 is 32.7 Å². The second kappa shape index (κ2) is 4.56. The van der Waals surface area contributed by atoms with Gasteiger partial charge in [-0.25, -0.2) is 4.39 Å². The minimum atomic E-state index is -0.540. The summed E-state index contributed by atoms with van der Waals surface area (Å²) in [5, 5.41) is 2.34. The lowest BCUT2D eigenvalue weighted by atomic mass is 10.0. The van der Waals surface area contributed by atoms with Crippen LogP contribution in [0.15, 0.2) is 57.7 Å². The average Bonchev–Trinajstić information content (AvgIpc) is 2.54. The van der Waals surface area contributed by atoms with Crippen LogP contribution < -0.4 is 10.2 Å². The zero-order valence-electron chi connectivity index (χ0n) is 11.7. The van der Waals surface area contributed by atoms with Crippen molar-refractivity contribution in [3.63, 3.8) is 0 Å². The fraction of sp³-hybridized carbons (Fsp3) is 0.0556. The molecule has 0 radical (unpaired) electrons. The third-order valence-electron chi connectivity index (χ3n) is 3.83. The van der Waals surface area contributed by atoms with Gasteiger partial charge in [-0.3, -0.25) is 4.79 Å². The van der Waals surface area contributed by atoms with Crippen LogP contribution >= 0.6 is 0 Å². The Morgan fingerprint density at radius 2 is 1.82 bits per heavy atom. The fourth-order valence-corrected chi connectivity index (χ4v) is 2.76. The van der Waals surface area contributed by atoms with Gasteiger partial charge in [-0.2, -0.15) is 0 Å². The van der Waals surface area contributed by atoms with Crippen LogP contribution in [0.1, 0.15) is 0 Å². The molecule has 0 fully saturated rings. The van der Waals surface area contributed by atoms with Gasteiger partial charge in [0.1, 0.15) is 11.3 Å². The highest BCUT2D eigenvalue weighted by Gasteiger charge is 2.13. The van der Waals surface area contributed by atoms with Crippen LogP contribution in [-0.2, 0) is 0 Å². The molecular formula is C18H11FO3. The van der Waals surface area contributed by atoms with E-state index in [1.165, 1.54) is 12.1 Å². The average molecular weight is 294 g/mol. The molecule has 0 aliphatic heterocycles. The van der Waals surface area contributed by atoms with E-state index >= 15 is 0 Å². The molecule has 0 bridgehead atoms. The Bertz CT molecular complexity index is 1100. The monoisotopic (exact) mass is 294 g/mol. The first-order valence-electron chi connectivity index (χ1n) is 6.81. The first-order chi connectivity index (χ1) is 10.7. The largest absolute Gasteiger partial charge is 0.496 e. The summed E-state index contributed by atoms with van der Waals surface area (Å²) in [7, 11) is 1.58. The smallest absolute Gasteiger partial charge is 0.200 e. The minimum Gasteiger partial charge on any atom is -0.496 e. The Hall–Kier alpha value is -2.88. The van der Waals surface area contributed by atoms with Crippen molar-refractivity contribution in [3.05, 3.63) is 64.6 Å². The van der Waals surface area contributed by atoms with Crippen LogP contribution in [-0.4, -0.2) is 7.11 Å². The maximum Gasteiger partial charge on any atom is 0.200 e. The van der Waals surface area contributed by atoms with E-state index in [-0.39, 0.29) is 16.4 Å². The van der Waals surface area contributed by atoms with Crippen molar-refractivity contribution in [1.82, 2.24) is 0 Å². The van der Waals surface area contributed by atoms with Crippen LogP contribution in [0.2, 0.25) is 0 Å². The molecule has 0 atom stereocenters. The molecule has 0 unspecified atom stereocenters. The van der Waals surface area contributed by atoms with Gasteiger partial charge in [-0.05, 0) is 35.7 Å². The first-order valence-corrected chi connectivity index (χ1v) is 6.81. The second-order valence-corrected chi connectivity index (χ2v) is 5.08. The Morgan fingerprint density at radius 3 is 2.64 bits per heavy atom. The molecule has 4 heteroatoms. The van der Waals surface area contributed by atoms with E-state index in [9.17, 15) is 9.18 Å². The predicted octanol–water partition coefficient (Wildman–Crippen LogP) is 4.25. The quantitative estimate of drug-likeness (QED) is 0.493. The summed E-state index contributed by atoms with van der Waals surface area (Å²) in [6.45, 7) is 0. The van der Waals surface area contributed by atoms with E-state index in [1.54, 1.807) is 25.3 Å². The Balaban J connectivity index is 2.25. The molecule has 0 amide bonds. The summed E-state index contributed by atoms with van der Waals surface area (Å²) < 4.78 is 24.8. The Morgan fingerprint density at radius 1 is 1.00 bits per heavy atom. The molecule has 108 valence electrons. The van der Waals surface area contributed by atoms with Crippen molar-refractivity contribution in [2.24, 2.45) is 0 Å². The summed E-state index contributed by atoms with van der Waals surface area (Å²) in [4.78, 5) is 12.6. The lowest BCUT2D eigenvalue weighted by Gasteiger charge is -2.07. The zero-order valence-corrected chi connectivity index (χ0v) is 11.7. The van der Waals surface area contributed by atoms with Crippen LogP contribution in [0.4, 0.5) is 4.39 Å². The van der Waals surface area contributed by atoms with Gasteiger partial charge in [-0.15, -0.1) is 0 Å². The van der Waals surface area contributed by atoms with E-state index in [0.717, 1.165) is 10.8 Å². The molecular weight excluding hydrogens is 283 g/mol. The molecule has 0 aliphatic rings. The van der Waals surface area contributed by atoms with Crippen LogP contribution in [0.5, 0.6) is 5.75 Å². The molecule has 1 heterocycles. The van der Waals surface area contributed by atoms with Crippen molar-refractivity contribution in [2.45, 2.75) is 0 Å². The van der Waals surface area contributed by atoms with E-state index < -0.39 is 5.82 Å². The number of benzene rings is 3. The molecule has 4 rings (SSSR count). The number of fused-ring (bicyclic) bond motifs is 3. The molecule has 1 aromatic heterocycles. The van der Waals surface area contributed by atoms with Gasteiger partial charge in [0.25, 0.3) is 0 Å². The van der Waals surface area contributed by atoms with Gasteiger partial charge in [0, 0.05) is 5.39 Å². The minimum absolute atomic E-state index is 0.0118. The Labute approximate surface area is 124 Å². The Kier molecular flexibility index (Phi) is 2.66. The van der Waals surface area contributed by atoms with Crippen molar-refractivity contribution in [2.75, 3.05) is 7.11 Å². The van der Waals surface area contributed by atoms with E-state index in [2.05, 4.69) is 0 Å². The lowest BCUT2D eigenvalue weighted by molar-refractivity contribution is 0.420. The summed E-state index contributed by atoms with van der Waals surface area (Å²) >= 11 is 0. The molecule has 0 saturated heterocycles. The molecule has 22 heavy (non-hydrogen) atoms. The summed E-state index contributed by atoms with van der Waals surface area (Å²) in [5.41, 5.74) is 0.106. The molecule has 3 aromatic carbocycles. The summed E-state index contributed by atoms with van der Waals surface area (Å²) in [5.74, 6) is 0.139. The van der Waals surface area contributed by atoms with Crippen LogP contribution in [0.25, 0.3) is 32.7 Å². The second-order valence-electron chi connectivity index (χ2n) is 5.08. The van der Waals surface area contributed by atoms with E-state index in [1.807, 2.05) is 18.2 Å². The normalized spacial score (nSPS) is 11.4. The standard InChI is InChI=1S/C18H11FO3/c1-21-15-7-2-4-10-8-16-13(9-12(10)15)17(20)11-5-3-6-14(19)18(11)22-16/h2-9H,1H3. The molecule has 0 saturated carbocycles. The lowest BCUT2D eigenvalue weighted by Crippen LogP contribution is -2.03. The van der Waals surface area contributed by atoms with Crippen molar-refractivity contribution in [1.29, 1.82) is 0 Å². The molecule has 0 aliphatic carbocycles. The SMILES string of the molecule is COc1cccc2cc3oc4c(F)cccc4c(=O)c3cc12. The van der Waals surface area contributed by atoms with Gasteiger partial charge in [-0.1, -0.05) is 18.2 Å². The van der Waals surface area contributed by atoms with E-state index in [0.29, 0.717) is 16.7 Å². The maximum atomic E-state index is 13.9. The number of ether oxygens (including phenoxy) is 1. The third kappa shape index (κ3) is 1.70. The zero-order chi connectivity index (χ0) is 15.3. The number of rotatable bonds is 1. The highest BCUT2D eigenvalue weighted by molar-refractivity contribution is 6.01. The molecule has 0 spiro atoms. The van der Waals surface area contributed by atoms with Gasteiger partial charge in [0.15, 0.2) is 11.4 Å². The van der Waals surface area contributed by atoms with Gasteiger partial charge >= 0.3 is 0 Å². The third-order valence-corrected chi connectivity index (χ3v) is 3.83. The summed E-state index contributed by atoms with van der Waals surface area (Å²) in [6, 6.07) is 13.4. The highest BCUT2D eigenvalue weighted by atomic mass is 19.1. The molecule has 4 aromatic rings. The highest BCUT2D eigenvalue weighted by Crippen LogP contribution is 2.30. The maximum absolute atomic E-state index is 13.9. The summed E-state index contributed by atoms with van der Waals surface area (Å²) in [6.07, 6.45) is 0. The van der Waals surface area contributed by atoms with Gasteiger partial charge in [0.05, 0.1) is 17.9 Å². The van der Waals surface area contributed by atoms with Crippen LogP contribution in [0, 0.1) is 5.82 Å². The number of hydrogen-bond acceptors (Lipinski definition) is 3. The number of halogens is 1. The molecule has 3 nitrogen and oxygen atoms in total. The van der Waals surface area contributed by atoms with E-state index in [4.69, 9.17) is 9.15 Å². The van der Waals surface area contributed by atoms with Gasteiger partial charge < -0.3 is 9.15 Å². The van der Waals surface area contributed by atoms with Crippen LogP contribution in [0.3, 0.4) is 0 Å². The number of hydrogen-bond donors (Lipinski definition) is 0. The topological polar surface area (TPSA) is 39.4 Å². The number of para-hydroxylation sites is 1. The molecule has 0 N–H and O–H groups in total. The number of methoxy groups -OCH3 is 1. The first kappa shape index (κ1) is 12.8. The van der Waals surface area contributed by atoms with Crippen molar-refractivity contribution in [3.8, 4) is 5.75 Å². The van der Waals surface area contributed by atoms with Gasteiger partial charge in [0.2, 0.25) is 5.43 Å². The fourth-order valence-electron chi connectivity index (χ4n) is 2.76. The van der Waals surface area contributed by atoms with Crippen molar-refractivity contribution < 1.29 is 13.5 Å². The predicted molar refractivity (Wildman–Crippen MR) is 84.0 cm³/mol.